The van der Waals surface area contributed by atoms with Crippen molar-refractivity contribution >= 4 is 28.5 Å². The van der Waals surface area contributed by atoms with E-state index in [-0.39, 0.29) is 18.9 Å². The maximum absolute atomic E-state index is 12.2. The molecule has 0 atom stereocenters. The highest BCUT2D eigenvalue weighted by Crippen LogP contribution is 2.26. The Morgan fingerprint density at radius 1 is 1.14 bits per heavy atom. The van der Waals surface area contributed by atoms with E-state index in [2.05, 4.69) is 10.2 Å². The molecule has 0 N–H and O–H groups in total. The Kier molecular flexibility index (Phi) is 4.99. The summed E-state index contributed by atoms with van der Waals surface area (Å²) < 4.78 is 21.4. The van der Waals surface area contributed by atoms with Crippen molar-refractivity contribution < 1.29 is 23.1 Å². The third-order valence-corrected chi connectivity index (χ3v) is 4.36. The predicted molar refractivity (Wildman–Crippen MR) is 101 cm³/mol. The standard InChI is InChI=1S/C20H15ClN2O5/c1-25-15-6-7-16-13(10-26-17(16)9-15)8-19(24)27-11-18-22-23-20(28-18)12-2-4-14(21)5-3-12/h2-7,9-10H,8,11H2,1H3. The molecule has 0 aliphatic rings. The number of hydrogen-bond donors (Lipinski definition) is 0. The van der Waals surface area contributed by atoms with Crippen LogP contribution in [0.3, 0.4) is 0 Å². The molecule has 142 valence electrons. The van der Waals surface area contributed by atoms with E-state index in [4.69, 9.17) is 29.9 Å². The zero-order chi connectivity index (χ0) is 19.5. The van der Waals surface area contributed by atoms with E-state index in [1.54, 1.807) is 37.4 Å². The lowest BCUT2D eigenvalue weighted by Crippen LogP contribution is -2.07. The van der Waals surface area contributed by atoms with Gasteiger partial charge in [-0.2, -0.15) is 0 Å². The maximum Gasteiger partial charge on any atom is 0.310 e. The lowest BCUT2D eigenvalue weighted by atomic mass is 10.1. The van der Waals surface area contributed by atoms with Crippen LogP contribution in [0, 0.1) is 0 Å². The largest absolute Gasteiger partial charge is 0.497 e. The average Bonchev–Trinajstić information content (AvgIpc) is 3.34. The molecule has 7 nitrogen and oxygen atoms in total. The van der Waals surface area contributed by atoms with Gasteiger partial charge in [0, 0.05) is 27.6 Å². The Morgan fingerprint density at radius 2 is 1.96 bits per heavy atom. The summed E-state index contributed by atoms with van der Waals surface area (Å²) in [6.07, 6.45) is 1.61. The average molecular weight is 399 g/mol. The third-order valence-electron chi connectivity index (χ3n) is 4.11. The molecule has 0 saturated carbocycles. The molecule has 4 rings (SSSR count). The lowest BCUT2D eigenvalue weighted by Gasteiger charge is -2.02. The summed E-state index contributed by atoms with van der Waals surface area (Å²) in [4.78, 5) is 12.2. The summed E-state index contributed by atoms with van der Waals surface area (Å²) in [7, 11) is 1.58. The second-order valence-electron chi connectivity index (χ2n) is 5.97. The number of aromatic nitrogens is 2. The van der Waals surface area contributed by atoms with E-state index >= 15 is 0 Å². The molecular weight excluding hydrogens is 384 g/mol. The van der Waals surface area contributed by atoms with Crippen LogP contribution >= 0.6 is 11.6 Å². The zero-order valence-corrected chi connectivity index (χ0v) is 15.6. The molecule has 0 spiro atoms. The van der Waals surface area contributed by atoms with E-state index in [1.807, 2.05) is 12.1 Å². The number of methoxy groups -OCH3 is 1. The van der Waals surface area contributed by atoms with Gasteiger partial charge in [0.15, 0.2) is 6.61 Å². The number of esters is 1. The van der Waals surface area contributed by atoms with Crippen LogP contribution in [0.4, 0.5) is 0 Å². The first-order chi connectivity index (χ1) is 13.6. The van der Waals surface area contributed by atoms with Crippen molar-refractivity contribution in [2.45, 2.75) is 13.0 Å². The normalized spacial score (nSPS) is 10.9. The zero-order valence-electron chi connectivity index (χ0n) is 14.8. The Labute approximate surface area is 164 Å². The van der Waals surface area contributed by atoms with Crippen LogP contribution in [0.5, 0.6) is 5.75 Å². The van der Waals surface area contributed by atoms with Crippen molar-refractivity contribution in [3.8, 4) is 17.2 Å². The second kappa shape index (κ2) is 7.74. The van der Waals surface area contributed by atoms with Crippen LogP contribution in [0.15, 0.2) is 57.6 Å². The van der Waals surface area contributed by atoms with Gasteiger partial charge in [-0.15, -0.1) is 10.2 Å². The predicted octanol–water partition coefficient (Wildman–Crippen LogP) is 4.43. The number of rotatable bonds is 6. The van der Waals surface area contributed by atoms with E-state index in [9.17, 15) is 4.79 Å². The first kappa shape index (κ1) is 18.1. The quantitative estimate of drug-likeness (QED) is 0.444. The first-order valence-electron chi connectivity index (χ1n) is 8.40. The molecule has 0 amide bonds. The highest BCUT2D eigenvalue weighted by Gasteiger charge is 2.14. The van der Waals surface area contributed by atoms with Crippen LogP contribution in [-0.4, -0.2) is 23.3 Å². The van der Waals surface area contributed by atoms with Gasteiger partial charge in [0.25, 0.3) is 5.89 Å². The number of nitrogens with zero attached hydrogens (tertiary/aromatic N) is 2. The number of carbonyl (C=O) groups excluding carboxylic acids is 1. The summed E-state index contributed by atoms with van der Waals surface area (Å²) in [5.41, 5.74) is 2.11. The summed E-state index contributed by atoms with van der Waals surface area (Å²) in [5.74, 6) is 0.797. The van der Waals surface area contributed by atoms with Crippen LogP contribution in [0.1, 0.15) is 11.5 Å². The van der Waals surface area contributed by atoms with Crippen molar-refractivity contribution in [3.63, 3.8) is 0 Å². The highest BCUT2D eigenvalue weighted by molar-refractivity contribution is 6.30. The molecule has 0 fully saturated rings. The van der Waals surface area contributed by atoms with Gasteiger partial charge in [0.05, 0.1) is 19.8 Å². The fraction of sp³-hybridized carbons (Fsp3) is 0.150. The molecule has 4 aromatic rings. The van der Waals surface area contributed by atoms with Crippen molar-refractivity contribution in [2.75, 3.05) is 7.11 Å². The van der Waals surface area contributed by atoms with Crippen molar-refractivity contribution in [3.05, 3.63) is 65.2 Å². The number of fused-ring (bicyclic) bond motifs is 1. The minimum Gasteiger partial charge on any atom is -0.497 e. The second-order valence-corrected chi connectivity index (χ2v) is 6.40. The topological polar surface area (TPSA) is 87.6 Å². The Balaban J connectivity index is 1.38. The molecule has 0 unspecified atom stereocenters. The summed E-state index contributed by atoms with van der Waals surface area (Å²) >= 11 is 5.86. The van der Waals surface area contributed by atoms with Gasteiger partial charge < -0.3 is 18.3 Å². The SMILES string of the molecule is COc1ccc2c(CC(=O)OCc3nnc(-c4ccc(Cl)cc4)o3)coc2c1. The lowest BCUT2D eigenvalue weighted by molar-refractivity contribution is -0.144. The highest BCUT2D eigenvalue weighted by atomic mass is 35.5. The van der Waals surface area contributed by atoms with E-state index in [0.29, 0.717) is 22.2 Å². The van der Waals surface area contributed by atoms with Gasteiger partial charge in [-0.05, 0) is 36.4 Å². The molecule has 2 aromatic heterocycles. The summed E-state index contributed by atoms with van der Waals surface area (Å²) in [6, 6.07) is 12.4. The maximum atomic E-state index is 12.2. The van der Waals surface area contributed by atoms with Crippen LogP contribution in [0.25, 0.3) is 22.4 Å². The molecule has 0 bridgehead atoms. The summed E-state index contributed by atoms with van der Waals surface area (Å²) in [6.45, 7) is -0.108. The molecule has 0 saturated heterocycles. The Hall–Kier alpha value is -3.32. The number of benzene rings is 2. The van der Waals surface area contributed by atoms with Gasteiger partial charge in [0.2, 0.25) is 5.89 Å². The van der Waals surface area contributed by atoms with E-state index in [1.165, 1.54) is 6.26 Å². The number of halogens is 1. The molecule has 0 aliphatic carbocycles. The smallest absolute Gasteiger partial charge is 0.310 e. The number of carbonyl (C=O) groups is 1. The number of hydrogen-bond acceptors (Lipinski definition) is 7. The van der Waals surface area contributed by atoms with Gasteiger partial charge in [-0.1, -0.05) is 11.6 Å². The van der Waals surface area contributed by atoms with E-state index in [0.717, 1.165) is 16.5 Å². The van der Waals surface area contributed by atoms with Gasteiger partial charge in [-0.3, -0.25) is 4.79 Å². The summed E-state index contributed by atoms with van der Waals surface area (Å²) in [5, 5.41) is 9.29. The third kappa shape index (κ3) is 3.84. The fourth-order valence-corrected chi connectivity index (χ4v) is 2.82. The molecule has 0 aliphatic heterocycles. The fourth-order valence-electron chi connectivity index (χ4n) is 2.70. The Morgan fingerprint density at radius 3 is 2.75 bits per heavy atom. The number of ether oxygens (including phenoxy) is 2. The van der Waals surface area contributed by atoms with Crippen LogP contribution in [-0.2, 0) is 22.6 Å². The van der Waals surface area contributed by atoms with Crippen LogP contribution < -0.4 is 4.74 Å². The minimum atomic E-state index is -0.426. The van der Waals surface area contributed by atoms with Crippen LogP contribution in [0.2, 0.25) is 5.02 Å². The van der Waals surface area contributed by atoms with Crippen molar-refractivity contribution in [1.29, 1.82) is 0 Å². The number of furan rings is 1. The molecule has 0 radical (unpaired) electrons. The molecule has 8 heteroatoms. The van der Waals surface area contributed by atoms with Crippen molar-refractivity contribution in [1.82, 2.24) is 10.2 Å². The molecular formula is C20H15ClN2O5. The Bertz CT molecular complexity index is 1120. The molecule has 2 aromatic carbocycles. The minimum absolute atomic E-state index is 0.0670. The monoisotopic (exact) mass is 398 g/mol. The molecule has 28 heavy (non-hydrogen) atoms. The van der Waals surface area contributed by atoms with Gasteiger partial charge >= 0.3 is 5.97 Å². The van der Waals surface area contributed by atoms with E-state index < -0.39 is 5.97 Å². The first-order valence-corrected chi connectivity index (χ1v) is 8.78. The van der Waals surface area contributed by atoms with Crippen molar-refractivity contribution in [2.24, 2.45) is 0 Å². The van der Waals surface area contributed by atoms with Gasteiger partial charge in [0.1, 0.15) is 11.3 Å². The molecule has 2 heterocycles. The van der Waals surface area contributed by atoms with Gasteiger partial charge in [-0.25, -0.2) is 0 Å².